The summed E-state index contributed by atoms with van der Waals surface area (Å²) in [6.45, 7) is 2.69. The zero-order valence-corrected chi connectivity index (χ0v) is 12.0. The van der Waals surface area contributed by atoms with Gasteiger partial charge in [-0.05, 0) is 43.5 Å². The fourth-order valence-corrected chi connectivity index (χ4v) is 3.08. The Labute approximate surface area is 117 Å². The summed E-state index contributed by atoms with van der Waals surface area (Å²) in [6, 6.07) is 7.99. The molecule has 0 fully saturated rings. The Balaban J connectivity index is 2.01. The van der Waals surface area contributed by atoms with Gasteiger partial charge in [0.15, 0.2) is 0 Å². The highest BCUT2D eigenvalue weighted by Crippen LogP contribution is 2.19. The third-order valence-electron chi connectivity index (χ3n) is 2.88. The van der Waals surface area contributed by atoms with E-state index in [1.165, 1.54) is 10.6 Å². The molecule has 0 amide bonds. The third-order valence-corrected chi connectivity index (χ3v) is 4.10. The Hall–Kier alpha value is -0.900. The number of aromatic nitrogens is 1. The Morgan fingerprint density at radius 2 is 2.22 bits per heavy atom. The van der Waals surface area contributed by atoms with Crippen LogP contribution in [0.5, 0.6) is 0 Å². The molecule has 0 aliphatic heterocycles. The highest BCUT2D eigenvalue weighted by Gasteiger charge is 2.11. The van der Waals surface area contributed by atoms with E-state index in [4.69, 9.17) is 17.3 Å². The molecule has 96 valence electrons. The first-order valence-corrected chi connectivity index (χ1v) is 7.28. The van der Waals surface area contributed by atoms with Gasteiger partial charge in [-0.15, -0.1) is 11.3 Å². The van der Waals surface area contributed by atoms with Gasteiger partial charge in [-0.2, -0.15) is 0 Å². The number of benzene rings is 1. The van der Waals surface area contributed by atoms with Gasteiger partial charge < -0.3 is 5.73 Å². The molecule has 0 aliphatic carbocycles. The van der Waals surface area contributed by atoms with Crippen LogP contribution in [0.25, 0.3) is 0 Å². The summed E-state index contributed by atoms with van der Waals surface area (Å²) in [4.78, 5) is 4.49. The molecular weight excluding hydrogens is 264 g/mol. The van der Waals surface area contributed by atoms with Crippen molar-refractivity contribution in [3.63, 3.8) is 0 Å². The standard InChI is InChI=1S/C14H17ClN2S/c1-10-9-18-14(17-10)7-12(8-16)5-11-3-2-4-13(15)6-11/h2-4,6,9,12H,5,7-8,16H2,1H3. The minimum absolute atomic E-state index is 0.425. The van der Waals surface area contributed by atoms with E-state index in [-0.39, 0.29) is 0 Å². The first kappa shape index (κ1) is 13.5. The predicted octanol–water partition coefficient (Wildman–Crippen LogP) is 3.47. The van der Waals surface area contributed by atoms with Crippen LogP contribution in [-0.2, 0) is 12.8 Å². The van der Waals surface area contributed by atoms with E-state index < -0.39 is 0 Å². The van der Waals surface area contributed by atoms with Gasteiger partial charge in [-0.1, -0.05) is 23.7 Å². The third kappa shape index (κ3) is 3.80. The smallest absolute Gasteiger partial charge is 0.0931 e. The molecule has 18 heavy (non-hydrogen) atoms. The van der Waals surface area contributed by atoms with Crippen LogP contribution in [0.15, 0.2) is 29.6 Å². The zero-order chi connectivity index (χ0) is 13.0. The van der Waals surface area contributed by atoms with Crippen LogP contribution in [0.3, 0.4) is 0 Å². The maximum absolute atomic E-state index is 5.99. The van der Waals surface area contributed by atoms with Crippen LogP contribution in [0, 0.1) is 12.8 Å². The minimum atomic E-state index is 0.425. The topological polar surface area (TPSA) is 38.9 Å². The predicted molar refractivity (Wildman–Crippen MR) is 78.3 cm³/mol. The van der Waals surface area contributed by atoms with Crippen molar-refractivity contribution < 1.29 is 0 Å². The van der Waals surface area contributed by atoms with E-state index >= 15 is 0 Å². The summed E-state index contributed by atoms with van der Waals surface area (Å²) < 4.78 is 0. The maximum atomic E-state index is 5.99. The molecule has 2 N–H and O–H groups in total. The molecule has 1 aromatic heterocycles. The highest BCUT2D eigenvalue weighted by molar-refractivity contribution is 7.09. The molecule has 0 bridgehead atoms. The second-order valence-corrected chi connectivity index (χ2v) is 5.90. The normalized spacial score (nSPS) is 12.6. The van der Waals surface area contributed by atoms with Crippen LogP contribution < -0.4 is 5.73 Å². The number of thiazole rings is 1. The van der Waals surface area contributed by atoms with Crippen molar-refractivity contribution in [3.05, 3.63) is 50.9 Å². The number of nitrogens with zero attached hydrogens (tertiary/aromatic N) is 1. The average Bonchev–Trinajstić information content (AvgIpc) is 2.74. The number of halogens is 1. The summed E-state index contributed by atoms with van der Waals surface area (Å²) in [6.07, 6.45) is 1.90. The first-order chi connectivity index (χ1) is 8.67. The van der Waals surface area contributed by atoms with Gasteiger partial charge in [0.2, 0.25) is 0 Å². The molecule has 2 nitrogen and oxygen atoms in total. The average molecular weight is 281 g/mol. The van der Waals surface area contributed by atoms with Gasteiger partial charge in [0, 0.05) is 22.5 Å². The van der Waals surface area contributed by atoms with Crippen molar-refractivity contribution in [1.29, 1.82) is 0 Å². The van der Waals surface area contributed by atoms with E-state index in [0.717, 1.165) is 23.6 Å². The van der Waals surface area contributed by atoms with Gasteiger partial charge >= 0.3 is 0 Å². The number of aryl methyl sites for hydroxylation is 1. The van der Waals surface area contributed by atoms with Crippen LogP contribution >= 0.6 is 22.9 Å². The lowest BCUT2D eigenvalue weighted by molar-refractivity contribution is 0.532. The molecule has 0 spiro atoms. The van der Waals surface area contributed by atoms with Crippen molar-refractivity contribution in [2.45, 2.75) is 19.8 Å². The van der Waals surface area contributed by atoms with Crippen molar-refractivity contribution in [2.75, 3.05) is 6.54 Å². The number of rotatable bonds is 5. The lowest BCUT2D eigenvalue weighted by Gasteiger charge is -2.13. The molecule has 0 saturated carbocycles. The monoisotopic (exact) mass is 280 g/mol. The van der Waals surface area contributed by atoms with Crippen molar-refractivity contribution in [3.8, 4) is 0 Å². The molecule has 2 rings (SSSR count). The summed E-state index contributed by atoms with van der Waals surface area (Å²) in [5.74, 6) is 0.425. The van der Waals surface area contributed by atoms with E-state index in [2.05, 4.69) is 16.4 Å². The molecule has 1 aromatic carbocycles. The lowest BCUT2D eigenvalue weighted by Crippen LogP contribution is -2.19. The largest absolute Gasteiger partial charge is 0.330 e. The molecule has 4 heteroatoms. The van der Waals surface area contributed by atoms with E-state index in [9.17, 15) is 0 Å². The fraction of sp³-hybridized carbons (Fsp3) is 0.357. The first-order valence-electron chi connectivity index (χ1n) is 6.03. The second-order valence-electron chi connectivity index (χ2n) is 4.52. The van der Waals surface area contributed by atoms with Crippen molar-refractivity contribution in [2.24, 2.45) is 11.7 Å². The Morgan fingerprint density at radius 3 is 2.83 bits per heavy atom. The van der Waals surface area contributed by atoms with Crippen molar-refractivity contribution in [1.82, 2.24) is 4.98 Å². The van der Waals surface area contributed by atoms with Gasteiger partial charge in [0.05, 0.1) is 5.01 Å². The number of hydrogen-bond acceptors (Lipinski definition) is 3. The maximum Gasteiger partial charge on any atom is 0.0931 e. The summed E-state index contributed by atoms with van der Waals surface area (Å²) in [5, 5.41) is 4.04. The minimum Gasteiger partial charge on any atom is -0.330 e. The molecule has 1 atom stereocenters. The Bertz CT molecular complexity index is 510. The van der Waals surface area contributed by atoms with E-state index in [1.54, 1.807) is 11.3 Å². The van der Waals surface area contributed by atoms with Crippen LogP contribution in [-0.4, -0.2) is 11.5 Å². The van der Waals surface area contributed by atoms with Gasteiger partial charge in [-0.3, -0.25) is 0 Å². The molecule has 1 heterocycles. The summed E-state index contributed by atoms with van der Waals surface area (Å²) in [5.41, 5.74) is 8.19. The molecule has 1 unspecified atom stereocenters. The van der Waals surface area contributed by atoms with Crippen LogP contribution in [0.4, 0.5) is 0 Å². The van der Waals surface area contributed by atoms with E-state index in [1.807, 2.05) is 25.1 Å². The van der Waals surface area contributed by atoms with E-state index in [0.29, 0.717) is 12.5 Å². The Kier molecular flexibility index (Phi) is 4.75. The summed E-state index contributed by atoms with van der Waals surface area (Å²) in [7, 11) is 0. The molecule has 2 aromatic rings. The molecule has 0 radical (unpaired) electrons. The summed E-state index contributed by atoms with van der Waals surface area (Å²) >= 11 is 7.71. The van der Waals surface area contributed by atoms with Crippen LogP contribution in [0.1, 0.15) is 16.3 Å². The SMILES string of the molecule is Cc1csc(CC(CN)Cc2cccc(Cl)c2)n1. The molecular formula is C14H17ClN2S. The number of hydrogen-bond donors (Lipinski definition) is 1. The van der Waals surface area contributed by atoms with Crippen LogP contribution in [0.2, 0.25) is 5.02 Å². The number of nitrogens with two attached hydrogens (primary N) is 1. The quantitative estimate of drug-likeness (QED) is 0.911. The molecule has 0 aliphatic rings. The zero-order valence-electron chi connectivity index (χ0n) is 10.4. The Morgan fingerprint density at radius 1 is 1.39 bits per heavy atom. The van der Waals surface area contributed by atoms with Crippen molar-refractivity contribution >= 4 is 22.9 Å². The second kappa shape index (κ2) is 6.32. The highest BCUT2D eigenvalue weighted by atomic mass is 35.5. The lowest BCUT2D eigenvalue weighted by atomic mass is 9.96. The fourth-order valence-electron chi connectivity index (χ4n) is 1.98. The van der Waals surface area contributed by atoms with Gasteiger partial charge in [-0.25, -0.2) is 4.98 Å². The van der Waals surface area contributed by atoms with Gasteiger partial charge in [0.25, 0.3) is 0 Å². The molecule has 0 saturated heterocycles. The van der Waals surface area contributed by atoms with Gasteiger partial charge in [0.1, 0.15) is 0 Å².